The Morgan fingerprint density at radius 2 is 1.95 bits per heavy atom. The second-order valence-electron chi connectivity index (χ2n) is 5.29. The third-order valence-electron chi connectivity index (χ3n) is 3.57. The summed E-state index contributed by atoms with van der Waals surface area (Å²) in [6, 6.07) is 4.95. The maximum atomic E-state index is 12.2. The summed E-state index contributed by atoms with van der Waals surface area (Å²) in [5.74, 6) is -0.160. The van der Waals surface area contributed by atoms with Crippen LogP contribution < -0.4 is 4.31 Å². The van der Waals surface area contributed by atoms with Crippen molar-refractivity contribution >= 4 is 33.2 Å². The third-order valence-corrected chi connectivity index (χ3v) is 4.93. The van der Waals surface area contributed by atoms with E-state index in [2.05, 4.69) is 0 Å². The van der Waals surface area contributed by atoms with Crippen molar-refractivity contribution < 1.29 is 13.2 Å². The van der Waals surface area contributed by atoms with E-state index in [0.29, 0.717) is 23.8 Å². The minimum atomic E-state index is -3.54. The molecule has 0 N–H and O–H groups in total. The van der Waals surface area contributed by atoms with Gasteiger partial charge in [-0.25, -0.2) is 8.42 Å². The van der Waals surface area contributed by atoms with E-state index in [4.69, 9.17) is 11.6 Å². The van der Waals surface area contributed by atoms with Gasteiger partial charge in [-0.15, -0.1) is 0 Å². The van der Waals surface area contributed by atoms with Crippen LogP contribution in [0.1, 0.15) is 18.4 Å². The molecule has 0 aliphatic carbocycles. The van der Waals surface area contributed by atoms with Crippen LogP contribution in [0.2, 0.25) is 5.02 Å². The summed E-state index contributed by atoms with van der Waals surface area (Å²) in [6.45, 7) is 3.02. The van der Waals surface area contributed by atoms with Gasteiger partial charge >= 0.3 is 0 Å². The van der Waals surface area contributed by atoms with Gasteiger partial charge in [-0.1, -0.05) is 11.6 Å². The molecular formula is C14H19ClN2O3S. The Labute approximate surface area is 130 Å². The lowest BCUT2D eigenvalue weighted by atomic mass is 10.2. The smallest absolute Gasteiger partial charge is 0.243 e. The second-order valence-corrected chi connectivity index (χ2v) is 7.63. The summed E-state index contributed by atoms with van der Waals surface area (Å²) in [5, 5.41) is 0.538. The molecule has 0 spiro atoms. The molecule has 1 fully saturated rings. The summed E-state index contributed by atoms with van der Waals surface area (Å²) in [4.78, 5) is 14.0. The van der Waals surface area contributed by atoms with Gasteiger partial charge in [-0.05, 0) is 43.5 Å². The maximum Gasteiger partial charge on any atom is 0.243 e. The van der Waals surface area contributed by atoms with E-state index in [0.717, 1.165) is 29.0 Å². The topological polar surface area (TPSA) is 57.7 Å². The van der Waals surface area contributed by atoms with Crippen molar-refractivity contribution in [2.75, 3.05) is 30.2 Å². The molecule has 1 aliphatic rings. The van der Waals surface area contributed by atoms with Gasteiger partial charge < -0.3 is 4.90 Å². The highest BCUT2D eigenvalue weighted by atomic mass is 35.5. The van der Waals surface area contributed by atoms with Gasteiger partial charge in [-0.3, -0.25) is 9.10 Å². The molecule has 1 heterocycles. The molecule has 5 nitrogen and oxygen atoms in total. The van der Waals surface area contributed by atoms with Gasteiger partial charge in [0.05, 0.1) is 11.9 Å². The number of aryl methyl sites for hydroxylation is 1. The van der Waals surface area contributed by atoms with Crippen molar-refractivity contribution in [1.29, 1.82) is 0 Å². The second kappa shape index (κ2) is 6.23. The fraction of sp³-hybridized carbons (Fsp3) is 0.500. The average Bonchev–Trinajstić information content (AvgIpc) is 2.89. The van der Waals surface area contributed by atoms with Crippen molar-refractivity contribution in [3.63, 3.8) is 0 Å². The molecule has 7 heteroatoms. The van der Waals surface area contributed by atoms with Crippen LogP contribution in [-0.4, -0.2) is 45.1 Å². The summed E-state index contributed by atoms with van der Waals surface area (Å²) in [7, 11) is -3.54. The molecule has 116 valence electrons. The minimum Gasteiger partial charge on any atom is -0.341 e. The van der Waals surface area contributed by atoms with Gasteiger partial charge in [0.1, 0.15) is 6.54 Å². The molecule has 1 aliphatic heterocycles. The Morgan fingerprint density at radius 3 is 2.48 bits per heavy atom. The number of anilines is 1. The zero-order chi connectivity index (χ0) is 15.6. The number of carbonyl (C=O) groups is 1. The van der Waals surface area contributed by atoms with E-state index >= 15 is 0 Å². The quantitative estimate of drug-likeness (QED) is 0.849. The maximum absolute atomic E-state index is 12.2. The van der Waals surface area contributed by atoms with Gasteiger partial charge in [-0.2, -0.15) is 0 Å². The highest BCUT2D eigenvalue weighted by molar-refractivity contribution is 7.92. The molecule has 0 atom stereocenters. The van der Waals surface area contributed by atoms with Gasteiger partial charge in [0, 0.05) is 18.1 Å². The van der Waals surface area contributed by atoms with E-state index < -0.39 is 10.0 Å². The lowest BCUT2D eigenvalue weighted by Gasteiger charge is -2.26. The molecule has 1 saturated heterocycles. The first kappa shape index (κ1) is 16.1. The van der Waals surface area contributed by atoms with Crippen molar-refractivity contribution in [2.24, 2.45) is 0 Å². The number of likely N-dealkylation sites (tertiary alicyclic amines) is 1. The number of benzene rings is 1. The highest BCUT2D eigenvalue weighted by Gasteiger charge is 2.26. The predicted molar refractivity (Wildman–Crippen MR) is 84.2 cm³/mol. The Bertz CT molecular complexity index is 640. The fourth-order valence-electron chi connectivity index (χ4n) is 2.47. The normalized spacial score (nSPS) is 15.3. The molecular weight excluding hydrogens is 312 g/mol. The van der Waals surface area contributed by atoms with E-state index in [1.54, 1.807) is 30.0 Å². The van der Waals surface area contributed by atoms with E-state index in [-0.39, 0.29) is 12.5 Å². The summed E-state index contributed by atoms with van der Waals surface area (Å²) >= 11 is 5.90. The lowest BCUT2D eigenvalue weighted by Crippen LogP contribution is -2.41. The van der Waals surface area contributed by atoms with Crippen LogP contribution in [0.5, 0.6) is 0 Å². The number of hydrogen-bond donors (Lipinski definition) is 0. The molecule has 0 unspecified atom stereocenters. The Balaban J connectivity index is 2.29. The summed E-state index contributed by atoms with van der Waals surface area (Å²) in [6.07, 6.45) is 3.06. The molecule has 1 aromatic rings. The molecule has 21 heavy (non-hydrogen) atoms. The lowest BCUT2D eigenvalue weighted by molar-refractivity contribution is -0.128. The van der Waals surface area contributed by atoms with E-state index in [1.807, 2.05) is 0 Å². The van der Waals surface area contributed by atoms with Crippen LogP contribution in [0.4, 0.5) is 5.69 Å². The molecule has 0 aromatic heterocycles. The standard InChI is InChI=1S/C14H19ClN2O3S/c1-11-9-12(15)5-6-13(11)17(21(2,19)20)10-14(18)16-7-3-4-8-16/h5-6,9H,3-4,7-8,10H2,1-2H3. The first-order valence-corrected chi connectivity index (χ1v) is 9.03. The number of halogens is 1. The first-order valence-electron chi connectivity index (χ1n) is 6.80. The number of amides is 1. The number of hydrogen-bond acceptors (Lipinski definition) is 3. The van der Waals surface area contributed by atoms with E-state index in [1.165, 1.54) is 0 Å². The van der Waals surface area contributed by atoms with Gasteiger partial charge in [0.15, 0.2) is 0 Å². The van der Waals surface area contributed by atoms with Gasteiger partial charge in [0.25, 0.3) is 0 Å². The van der Waals surface area contributed by atoms with Crippen LogP contribution >= 0.6 is 11.6 Å². The Hall–Kier alpha value is -1.27. The predicted octanol–water partition coefficient (Wildman–Crippen LogP) is 2.04. The number of rotatable bonds is 4. The summed E-state index contributed by atoms with van der Waals surface area (Å²) in [5.41, 5.74) is 1.22. The van der Waals surface area contributed by atoms with Crippen LogP contribution in [-0.2, 0) is 14.8 Å². The summed E-state index contributed by atoms with van der Waals surface area (Å²) < 4.78 is 25.2. The van der Waals surface area contributed by atoms with Crippen LogP contribution in [0, 0.1) is 6.92 Å². The zero-order valence-electron chi connectivity index (χ0n) is 12.2. The molecule has 1 aromatic carbocycles. The fourth-order valence-corrected chi connectivity index (χ4v) is 3.60. The van der Waals surface area contributed by atoms with Crippen LogP contribution in [0.3, 0.4) is 0 Å². The van der Waals surface area contributed by atoms with Crippen LogP contribution in [0.15, 0.2) is 18.2 Å². The molecule has 1 amide bonds. The largest absolute Gasteiger partial charge is 0.341 e. The van der Waals surface area contributed by atoms with Gasteiger partial charge in [0.2, 0.25) is 15.9 Å². The van der Waals surface area contributed by atoms with Crippen molar-refractivity contribution in [3.05, 3.63) is 28.8 Å². The van der Waals surface area contributed by atoms with Crippen molar-refractivity contribution in [1.82, 2.24) is 4.90 Å². The number of carbonyl (C=O) groups excluding carboxylic acids is 1. The first-order chi connectivity index (χ1) is 9.79. The molecule has 2 rings (SSSR count). The monoisotopic (exact) mass is 330 g/mol. The van der Waals surface area contributed by atoms with Crippen molar-refractivity contribution in [3.8, 4) is 0 Å². The number of sulfonamides is 1. The van der Waals surface area contributed by atoms with Crippen LogP contribution in [0.25, 0.3) is 0 Å². The molecule has 0 radical (unpaired) electrons. The Morgan fingerprint density at radius 1 is 1.33 bits per heavy atom. The molecule has 0 bridgehead atoms. The number of nitrogens with zero attached hydrogens (tertiary/aromatic N) is 2. The SMILES string of the molecule is Cc1cc(Cl)ccc1N(CC(=O)N1CCCC1)S(C)(=O)=O. The average molecular weight is 331 g/mol. The van der Waals surface area contributed by atoms with Crippen molar-refractivity contribution in [2.45, 2.75) is 19.8 Å². The highest BCUT2D eigenvalue weighted by Crippen LogP contribution is 2.25. The Kier molecular flexibility index (Phi) is 4.78. The van der Waals surface area contributed by atoms with E-state index in [9.17, 15) is 13.2 Å². The minimum absolute atomic E-state index is 0.160. The third kappa shape index (κ3) is 3.89. The molecule has 0 saturated carbocycles. The zero-order valence-corrected chi connectivity index (χ0v) is 13.7.